The minimum Gasteiger partial charge on any atom is -0.446 e. The van der Waals surface area contributed by atoms with Gasteiger partial charge < -0.3 is 15.4 Å². The third kappa shape index (κ3) is 2.16. The zero-order chi connectivity index (χ0) is 15.5. The fourth-order valence-corrected chi connectivity index (χ4v) is 5.75. The molecule has 0 aromatic heterocycles. The summed E-state index contributed by atoms with van der Waals surface area (Å²) >= 11 is 0. The molecule has 22 heavy (non-hydrogen) atoms. The zero-order valence-corrected chi connectivity index (χ0v) is 13.3. The Hall–Kier alpha value is -1.10. The number of hydrogen-bond acceptors (Lipinski definition) is 4. The van der Waals surface area contributed by atoms with Gasteiger partial charge in [-0.3, -0.25) is 4.79 Å². The average molecular weight is 306 g/mol. The third-order valence-corrected chi connectivity index (χ3v) is 6.65. The lowest BCUT2D eigenvalue weighted by atomic mass is 9.47. The van der Waals surface area contributed by atoms with Gasteiger partial charge in [-0.1, -0.05) is 0 Å². The first kappa shape index (κ1) is 14.5. The Balaban J connectivity index is 1.46. The molecule has 1 amide bonds. The van der Waals surface area contributed by atoms with E-state index in [1.807, 2.05) is 0 Å². The van der Waals surface area contributed by atoms with Gasteiger partial charge in [0.25, 0.3) is 0 Å². The molecular weight excluding hydrogens is 280 g/mol. The highest BCUT2D eigenvalue weighted by Crippen LogP contribution is 2.61. The van der Waals surface area contributed by atoms with Gasteiger partial charge in [0, 0.05) is 24.5 Å². The van der Waals surface area contributed by atoms with Crippen molar-refractivity contribution in [2.75, 3.05) is 13.1 Å². The van der Waals surface area contributed by atoms with Crippen LogP contribution in [0.1, 0.15) is 45.4 Å². The summed E-state index contributed by atoms with van der Waals surface area (Å²) in [6, 6.07) is 0.0898. The maximum absolute atomic E-state index is 12.4. The van der Waals surface area contributed by atoms with Crippen LogP contribution < -0.4 is 5.73 Å². The molecule has 4 aliphatic carbocycles. The lowest BCUT2D eigenvalue weighted by Crippen LogP contribution is -2.57. The second-order valence-electron chi connectivity index (χ2n) is 8.15. The Bertz CT molecular complexity index is 490. The van der Waals surface area contributed by atoms with Crippen LogP contribution >= 0.6 is 0 Å². The Kier molecular flexibility index (Phi) is 3.26. The number of nitrogens with two attached hydrogens (primary N) is 1. The zero-order valence-electron chi connectivity index (χ0n) is 13.3. The van der Waals surface area contributed by atoms with Crippen molar-refractivity contribution in [1.29, 1.82) is 0 Å². The predicted molar refractivity (Wildman–Crippen MR) is 81.1 cm³/mol. The molecule has 2 unspecified atom stereocenters. The Morgan fingerprint density at radius 2 is 1.86 bits per heavy atom. The van der Waals surface area contributed by atoms with Crippen molar-refractivity contribution >= 4 is 11.9 Å². The van der Waals surface area contributed by atoms with Crippen molar-refractivity contribution in [1.82, 2.24) is 4.90 Å². The molecule has 5 fully saturated rings. The van der Waals surface area contributed by atoms with Crippen LogP contribution in [-0.2, 0) is 9.53 Å². The molecule has 0 aromatic carbocycles. The summed E-state index contributed by atoms with van der Waals surface area (Å²) in [5.74, 6) is 1.78. The van der Waals surface area contributed by atoms with Gasteiger partial charge in [0.05, 0.1) is 0 Å². The number of Topliss-reactive ketones (excluding diaryl/α,β-unsaturated/α-hetero) is 1. The summed E-state index contributed by atoms with van der Waals surface area (Å²) in [5, 5.41) is 0. The van der Waals surface area contributed by atoms with Gasteiger partial charge in [0.1, 0.15) is 11.9 Å². The van der Waals surface area contributed by atoms with Gasteiger partial charge >= 0.3 is 6.09 Å². The van der Waals surface area contributed by atoms with Gasteiger partial charge in [-0.2, -0.15) is 0 Å². The molecule has 4 saturated carbocycles. The topological polar surface area (TPSA) is 72.6 Å². The largest absolute Gasteiger partial charge is 0.446 e. The van der Waals surface area contributed by atoms with E-state index in [1.54, 1.807) is 11.8 Å². The molecule has 5 heteroatoms. The summed E-state index contributed by atoms with van der Waals surface area (Å²) in [6.07, 6.45) is 5.86. The van der Waals surface area contributed by atoms with E-state index in [2.05, 4.69) is 0 Å². The molecular formula is C17H26N2O3. The van der Waals surface area contributed by atoms with Crippen LogP contribution in [0.3, 0.4) is 0 Å². The van der Waals surface area contributed by atoms with E-state index in [9.17, 15) is 9.59 Å². The van der Waals surface area contributed by atoms with Crippen molar-refractivity contribution in [3.63, 3.8) is 0 Å². The molecule has 0 aromatic rings. The molecule has 4 bridgehead atoms. The molecule has 3 atom stereocenters. The summed E-state index contributed by atoms with van der Waals surface area (Å²) in [5.41, 5.74) is 5.77. The summed E-state index contributed by atoms with van der Waals surface area (Å²) in [6.45, 7) is 3.07. The Morgan fingerprint density at radius 1 is 1.18 bits per heavy atom. The molecule has 5 rings (SSSR count). The minimum absolute atomic E-state index is 0.0216. The fraction of sp³-hybridized carbons (Fsp3) is 0.882. The number of likely N-dealkylation sites (tertiary alicyclic amines) is 1. The van der Waals surface area contributed by atoms with Crippen LogP contribution in [0.4, 0.5) is 4.79 Å². The fourth-order valence-electron chi connectivity index (χ4n) is 5.75. The molecule has 0 radical (unpaired) electrons. The van der Waals surface area contributed by atoms with Crippen LogP contribution in [0.5, 0.6) is 0 Å². The Labute approximate surface area is 131 Å². The van der Waals surface area contributed by atoms with Crippen LogP contribution in [0, 0.1) is 23.2 Å². The number of carbonyl (C=O) groups is 2. The number of nitrogens with zero attached hydrogens (tertiary/aromatic N) is 1. The van der Waals surface area contributed by atoms with Crippen molar-refractivity contribution in [2.45, 2.75) is 57.6 Å². The Morgan fingerprint density at radius 3 is 2.41 bits per heavy atom. The normalized spacial score (nSPS) is 46.1. The van der Waals surface area contributed by atoms with E-state index in [0.717, 1.165) is 38.5 Å². The number of rotatable bonds is 2. The number of amides is 1. The van der Waals surface area contributed by atoms with Crippen LogP contribution in [0.25, 0.3) is 0 Å². The summed E-state index contributed by atoms with van der Waals surface area (Å²) < 4.78 is 5.90. The first-order chi connectivity index (χ1) is 10.5. The van der Waals surface area contributed by atoms with Crippen LogP contribution in [0.15, 0.2) is 0 Å². The number of ketones is 1. The van der Waals surface area contributed by atoms with Crippen molar-refractivity contribution in [3.8, 4) is 0 Å². The molecule has 2 N–H and O–H groups in total. The minimum atomic E-state index is -0.192. The molecule has 5 nitrogen and oxygen atoms in total. The second kappa shape index (κ2) is 4.95. The van der Waals surface area contributed by atoms with Gasteiger partial charge in [0.15, 0.2) is 0 Å². The van der Waals surface area contributed by atoms with E-state index in [-0.39, 0.29) is 23.7 Å². The highest BCUT2D eigenvalue weighted by molar-refractivity contribution is 5.83. The lowest BCUT2D eigenvalue weighted by Gasteiger charge is -2.58. The van der Waals surface area contributed by atoms with Crippen molar-refractivity contribution in [2.24, 2.45) is 28.9 Å². The molecule has 1 aliphatic heterocycles. The number of carbonyl (C=O) groups excluding carboxylic acids is 2. The molecule has 5 aliphatic rings. The highest BCUT2D eigenvalue weighted by atomic mass is 16.6. The van der Waals surface area contributed by atoms with Gasteiger partial charge in [-0.15, -0.1) is 0 Å². The average Bonchev–Trinajstić information content (AvgIpc) is 2.88. The lowest BCUT2D eigenvalue weighted by molar-refractivity contribution is -0.160. The van der Waals surface area contributed by atoms with E-state index < -0.39 is 0 Å². The molecule has 1 heterocycles. The molecule has 1 saturated heterocycles. The maximum Gasteiger partial charge on any atom is 0.410 e. The quantitative estimate of drug-likeness (QED) is 0.846. The first-order valence-corrected chi connectivity index (χ1v) is 8.69. The van der Waals surface area contributed by atoms with Gasteiger partial charge in [-0.05, 0) is 63.2 Å². The second-order valence-corrected chi connectivity index (χ2v) is 8.15. The van der Waals surface area contributed by atoms with Gasteiger partial charge in [0.2, 0.25) is 0 Å². The van der Waals surface area contributed by atoms with E-state index in [1.165, 1.54) is 0 Å². The maximum atomic E-state index is 12.4. The van der Waals surface area contributed by atoms with Crippen LogP contribution in [0.2, 0.25) is 0 Å². The summed E-state index contributed by atoms with van der Waals surface area (Å²) in [7, 11) is 0. The monoisotopic (exact) mass is 306 g/mol. The first-order valence-electron chi connectivity index (χ1n) is 8.69. The van der Waals surface area contributed by atoms with Crippen molar-refractivity contribution in [3.05, 3.63) is 0 Å². The van der Waals surface area contributed by atoms with Crippen molar-refractivity contribution < 1.29 is 14.3 Å². The standard InChI is InChI=1S/C17H26N2O3/c1-10(20)17-6-11-4-12(7-17)15(13(5-11)8-17)22-16(21)19-3-2-14(18)9-19/h11-15H,2-9,18H2,1H3/t11?,12?,13?,14-,15?,17?/m1/s1. The third-order valence-electron chi connectivity index (χ3n) is 6.65. The molecule has 0 spiro atoms. The predicted octanol–water partition coefficient (Wildman–Crippen LogP) is 1.94. The van der Waals surface area contributed by atoms with E-state index in [0.29, 0.717) is 36.6 Å². The number of ether oxygens (including phenoxy) is 1. The van der Waals surface area contributed by atoms with Crippen LogP contribution in [-0.4, -0.2) is 42.0 Å². The SMILES string of the molecule is CC(=O)C12CC3CC(C1)C(OC(=O)N1CC[C@@H](N)C1)C(C3)C2. The smallest absolute Gasteiger partial charge is 0.410 e. The van der Waals surface area contributed by atoms with Gasteiger partial charge in [-0.25, -0.2) is 4.79 Å². The van der Waals surface area contributed by atoms with E-state index >= 15 is 0 Å². The van der Waals surface area contributed by atoms with E-state index in [4.69, 9.17) is 10.5 Å². The molecule has 122 valence electrons. The number of hydrogen-bond donors (Lipinski definition) is 1. The summed E-state index contributed by atoms with van der Waals surface area (Å²) in [4.78, 5) is 26.3. The highest BCUT2D eigenvalue weighted by Gasteiger charge is 2.58.